The van der Waals surface area contributed by atoms with Gasteiger partial charge in [0.15, 0.2) is 0 Å². The molecule has 0 saturated heterocycles. The maximum absolute atomic E-state index is 5.69. The van der Waals surface area contributed by atoms with E-state index in [-0.39, 0.29) is 0 Å². The van der Waals surface area contributed by atoms with Crippen LogP contribution in [0, 0.1) is 13.8 Å². The minimum atomic E-state index is 0.464. The summed E-state index contributed by atoms with van der Waals surface area (Å²) in [6.07, 6.45) is 0. The van der Waals surface area contributed by atoms with Crippen molar-refractivity contribution < 1.29 is 0 Å². The van der Waals surface area contributed by atoms with Crippen molar-refractivity contribution >= 4 is 16.9 Å². The van der Waals surface area contributed by atoms with Gasteiger partial charge in [-0.1, -0.05) is 36.9 Å². The lowest BCUT2D eigenvalue weighted by Gasteiger charge is -2.15. The van der Waals surface area contributed by atoms with Crippen LogP contribution in [0.4, 0.5) is 11.4 Å². The number of hydrogen-bond acceptors (Lipinski definition) is 2. The van der Waals surface area contributed by atoms with Gasteiger partial charge >= 0.3 is 0 Å². The molecule has 2 nitrogen and oxygen atoms in total. The van der Waals surface area contributed by atoms with Gasteiger partial charge in [-0.3, -0.25) is 0 Å². The Hall–Kier alpha value is -2.06. The van der Waals surface area contributed by atoms with E-state index in [9.17, 15) is 0 Å². The molecule has 0 aliphatic heterocycles. The quantitative estimate of drug-likeness (QED) is 0.862. The molecule has 0 fully saturated rings. The predicted molar refractivity (Wildman–Crippen MR) is 83.7 cm³/mol. The van der Waals surface area contributed by atoms with Gasteiger partial charge in [0.2, 0.25) is 0 Å². The summed E-state index contributed by atoms with van der Waals surface area (Å²) in [6.45, 7) is 8.72. The second kappa shape index (κ2) is 5.72. The van der Waals surface area contributed by atoms with Crippen LogP contribution in [0.1, 0.15) is 16.7 Å². The number of nitrogens with one attached hydrogen (secondary N) is 1. The van der Waals surface area contributed by atoms with Crippen molar-refractivity contribution in [1.82, 2.24) is 0 Å². The first-order valence-corrected chi connectivity index (χ1v) is 6.44. The Balaban J connectivity index is 2.39. The molecule has 0 aliphatic carbocycles. The van der Waals surface area contributed by atoms with Crippen LogP contribution in [-0.4, -0.2) is 6.54 Å². The van der Waals surface area contributed by atoms with Gasteiger partial charge in [0.1, 0.15) is 0 Å². The third-order valence-corrected chi connectivity index (χ3v) is 3.43. The molecule has 0 saturated carbocycles. The highest BCUT2D eigenvalue weighted by atomic mass is 14.9. The third kappa shape index (κ3) is 2.85. The number of nitrogens with two attached hydrogens (primary N) is 1. The molecule has 98 valence electrons. The molecule has 0 aliphatic rings. The molecule has 2 aromatic carbocycles. The lowest BCUT2D eigenvalue weighted by Crippen LogP contribution is -2.04. The van der Waals surface area contributed by atoms with E-state index in [0.29, 0.717) is 6.54 Å². The van der Waals surface area contributed by atoms with E-state index in [4.69, 9.17) is 5.73 Å². The summed E-state index contributed by atoms with van der Waals surface area (Å²) in [5, 5.41) is 3.48. The molecule has 3 N–H and O–H groups in total. The van der Waals surface area contributed by atoms with Crippen molar-refractivity contribution in [2.45, 2.75) is 13.8 Å². The van der Waals surface area contributed by atoms with Crippen LogP contribution < -0.4 is 11.1 Å². The molecule has 2 heteroatoms. The maximum atomic E-state index is 5.69. The highest BCUT2D eigenvalue weighted by Gasteiger charge is 2.06. The molecule has 0 atom stereocenters. The molecule has 0 unspecified atom stereocenters. The Morgan fingerprint density at radius 2 is 1.74 bits per heavy atom. The minimum absolute atomic E-state index is 0.464. The van der Waals surface area contributed by atoms with E-state index in [1.807, 2.05) is 18.2 Å². The summed E-state index contributed by atoms with van der Waals surface area (Å²) in [5.41, 5.74) is 12.4. The van der Waals surface area contributed by atoms with Gasteiger partial charge < -0.3 is 11.1 Å². The highest BCUT2D eigenvalue weighted by molar-refractivity contribution is 5.79. The van der Waals surface area contributed by atoms with Crippen molar-refractivity contribution in [2.24, 2.45) is 5.73 Å². The van der Waals surface area contributed by atoms with E-state index >= 15 is 0 Å². The average Bonchev–Trinajstić information content (AvgIpc) is 2.43. The number of aryl methyl sites for hydroxylation is 1. The summed E-state index contributed by atoms with van der Waals surface area (Å²) in [5.74, 6) is 0. The molecule has 0 amide bonds. The summed E-state index contributed by atoms with van der Waals surface area (Å²) >= 11 is 0. The van der Waals surface area contributed by atoms with Gasteiger partial charge in [0, 0.05) is 23.5 Å². The fraction of sp³-hybridized carbons (Fsp3) is 0.176. The second-order valence-corrected chi connectivity index (χ2v) is 4.73. The standard InChI is InChI=1S/C17H20N2/c1-12-7-6-10-16(14(12)3)19-17-9-5-4-8-15(17)13(2)11-18/h4-10,19H,2,11,18H2,1,3H3. The van der Waals surface area contributed by atoms with Crippen molar-refractivity contribution in [3.63, 3.8) is 0 Å². The van der Waals surface area contributed by atoms with Crippen molar-refractivity contribution in [3.8, 4) is 0 Å². The Morgan fingerprint density at radius 1 is 1.05 bits per heavy atom. The van der Waals surface area contributed by atoms with Gasteiger partial charge in [-0.05, 0) is 42.7 Å². The number of rotatable bonds is 4. The van der Waals surface area contributed by atoms with Crippen molar-refractivity contribution in [3.05, 3.63) is 65.7 Å². The van der Waals surface area contributed by atoms with E-state index in [0.717, 1.165) is 22.5 Å². The van der Waals surface area contributed by atoms with Crippen LogP contribution in [0.25, 0.3) is 5.57 Å². The number of para-hydroxylation sites is 1. The summed E-state index contributed by atoms with van der Waals surface area (Å²) < 4.78 is 0. The molecular weight excluding hydrogens is 232 g/mol. The Kier molecular flexibility index (Phi) is 4.03. The van der Waals surface area contributed by atoms with Gasteiger partial charge in [0.25, 0.3) is 0 Å². The number of benzene rings is 2. The molecule has 0 spiro atoms. The van der Waals surface area contributed by atoms with E-state index < -0.39 is 0 Å². The first-order valence-electron chi connectivity index (χ1n) is 6.44. The third-order valence-electron chi connectivity index (χ3n) is 3.43. The average molecular weight is 252 g/mol. The maximum Gasteiger partial charge on any atom is 0.0460 e. The molecule has 2 rings (SSSR count). The van der Waals surface area contributed by atoms with E-state index in [1.165, 1.54) is 11.1 Å². The normalized spacial score (nSPS) is 10.3. The molecule has 0 radical (unpaired) electrons. The second-order valence-electron chi connectivity index (χ2n) is 4.73. The number of hydrogen-bond donors (Lipinski definition) is 2. The van der Waals surface area contributed by atoms with Gasteiger partial charge in [0.05, 0.1) is 0 Å². The number of anilines is 2. The molecule has 0 aromatic heterocycles. The Bertz CT molecular complexity index is 600. The zero-order valence-electron chi connectivity index (χ0n) is 11.5. The molecule has 19 heavy (non-hydrogen) atoms. The lowest BCUT2D eigenvalue weighted by molar-refractivity contribution is 1.27. The SMILES string of the molecule is C=C(CN)c1ccccc1Nc1cccc(C)c1C. The monoisotopic (exact) mass is 252 g/mol. The molecule has 2 aromatic rings. The zero-order valence-corrected chi connectivity index (χ0v) is 11.5. The topological polar surface area (TPSA) is 38.0 Å². The molecule has 0 bridgehead atoms. The Labute approximate surface area is 115 Å². The van der Waals surface area contributed by atoms with Gasteiger partial charge in [-0.2, -0.15) is 0 Å². The highest BCUT2D eigenvalue weighted by Crippen LogP contribution is 2.28. The van der Waals surface area contributed by atoms with E-state index in [2.05, 4.69) is 50.0 Å². The van der Waals surface area contributed by atoms with Crippen molar-refractivity contribution in [2.75, 3.05) is 11.9 Å². The van der Waals surface area contributed by atoms with Gasteiger partial charge in [-0.25, -0.2) is 0 Å². The first kappa shape index (κ1) is 13.4. The van der Waals surface area contributed by atoms with Gasteiger partial charge in [-0.15, -0.1) is 0 Å². The van der Waals surface area contributed by atoms with Crippen LogP contribution in [0.2, 0.25) is 0 Å². The lowest BCUT2D eigenvalue weighted by atomic mass is 10.0. The first-order chi connectivity index (χ1) is 9.13. The smallest absolute Gasteiger partial charge is 0.0460 e. The largest absolute Gasteiger partial charge is 0.355 e. The Morgan fingerprint density at radius 3 is 2.47 bits per heavy atom. The summed E-state index contributed by atoms with van der Waals surface area (Å²) in [6, 6.07) is 14.4. The summed E-state index contributed by atoms with van der Waals surface area (Å²) in [7, 11) is 0. The van der Waals surface area contributed by atoms with Crippen molar-refractivity contribution in [1.29, 1.82) is 0 Å². The van der Waals surface area contributed by atoms with Crippen LogP contribution in [-0.2, 0) is 0 Å². The van der Waals surface area contributed by atoms with Crippen LogP contribution in [0.5, 0.6) is 0 Å². The minimum Gasteiger partial charge on any atom is -0.355 e. The van der Waals surface area contributed by atoms with Crippen LogP contribution >= 0.6 is 0 Å². The molecular formula is C17H20N2. The fourth-order valence-corrected chi connectivity index (χ4v) is 2.04. The van der Waals surface area contributed by atoms with Crippen LogP contribution in [0.15, 0.2) is 49.0 Å². The van der Waals surface area contributed by atoms with E-state index in [1.54, 1.807) is 0 Å². The van der Waals surface area contributed by atoms with Crippen LogP contribution in [0.3, 0.4) is 0 Å². The summed E-state index contributed by atoms with van der Waals surface area (Å²) in [4.78, 5) is 0. The fourth-order valence-electron chi connectivity index (χ4n) is 2.04. The zero-order chi connectivity index (χ0) is 13.8. The predicted octanol–water partition coefficient (Wildman–Crippen LogP) is 4.02. The molecule has 0 heterocycles.